The van der Waals surface area contributed by atoms with Gasteiger partial charge < -0.3 is 9.15 Å². The van der Waals surface area contributed by atoms with Crippen molar-refractivity contribution in [2.75, 3.05) is 0 Å². The van der Waals surface area contributed by atoms with Crippen molar-refractivity contribution < 1.29 is 18.9 Å². The van der Waals surface area contributed by atoms with Crippen molar-refractivity contribution in [3.63, 3.8) is 0 Å². The zero-order chi connectivity index (χ0) is 24.2. The number of ether oxygens (including phenoxy) is 1. The maximum Gasteiger partial charge on any atom is 0.307 e. The lowest BCUT2D eigenvalue weighted by molar-refractivity contribution is -0.384. The Hall–Kier alpha value is -3.21. The highest BCUT2D eigenvalue weighted by Crippen LogP contribution is 2.35. The molecule has 4 rings (SSSR count). The molecule has 0 saturated carbocycles. The third-order valence-electron chi connectivity index (χ3n) is 4.66. The van der Waals surface area contributed by atoms with Crippen LogP contribution in [-0.4, -0.2) is 17.0 Å². The standard InChI is InChI=1S/C23H14Br2ClN3O5/c24-17-7-13(8-18(25)22(17)33-12-14-3-1-2-4-19(14)26)11-27-28-23(30)21-10-15-9-16(29(31)32)5-6-20(15)34-21/h1-11H,12H2,(H,28,30)/b27-11+. The number of hydrogen-bond acceptors (Lipinski definition) is 6. The first kappa shape index (κ1) is 23.9. The van der Waals surface area contributed by atoms with E-state index < -0.39 is 10.8 Å². The topological polar surface area (TPSA) is 107 Å². The zero-order valence-electron chi connectivity index (χ0n) is 17.1. The summed E-state index contributed by atoms with van der Waals surface area (Å²) in [7, 11) is 0. The highest BCUT2D eigenvalue weighted by atomic mass is 79.9. The van der Waals surface area contributed by atoms with Crippen molar-refractivity contribution >= 4 is 72.2 Å². The van der Waals surface area contributed by atoms with Crippen LogP contribution in [0.1, 0.15) is 21.7 Å². The first-order valence-electron chi connectivity index (χ1n) is 9.68. The van der Waals surface area contributed by atoms with Crippen molar-refractivity contribution in [1.82, 2.24) is 5.43 Å². The molecule has 0 fully saturated rings. The summed E-state index contributed by atoms with van der Waals surface area (Å²) in [6, 6.07) is 16.5. The van der Waals surface area contributed by atoms with Crippen molar-refractivity contribution in [3.8, 4) is 5.75 Å². The number of nitrogens with zero attached hydrogens (tertiary/aromatic N) is 2. The van der Waals surface area contributed by atoms with E-state index in [-0.39, 0.29) is 11.4 Å². The van der Waals surface area contributed by atoms with E-state index in [9.17, 15) is 14.9 Å². The van der Waals surface area contributed by atoms with Gasteiger partial charge in [0.25, 0.3) is 5.69 Å². The van der Waals surface area contributed by atoms with Gasteiger partial charge in [0.05, 0.1) is 20.1 Å². The molecule has 0 spiro atoms. The van der Waals surface area contributed by atoms with E-state index in [1.54, 1.807) is 18.2 Å². The number of hydrazone groups is 1. The van der Waals surface area contributed by atoms with Crippen molar-refractivity contribution in [2.24, 2.45) is 5.10 Å². The second kappa shape index (κ2) is 10.4. The summed E-state index contributed by atoms with van der Waals surface area (Å²) in [5.74, 6) is -0.0104. The summed E-state index contributed by atoms with van der Waals surface area (Å²) in [5, 5.41) is 15.9. The number of nitrogens with one attached hydrogen (secondary N) is 1. The maximum atomic E-state index is 12.4. The Morgan fingerprint density at radius 1 is 1.15 bits per heavy atom. The van der Waals surface area contributed by atoms with Gasteiger partial charge in [-0.25, -0.2) is 5.43 Å². The fourth-order valence-electron chi connectivity index (χ4n) is 3.03. The highest BCUT2D eigenvalue weighted by molar-refractivity contribution is 9.11. The number of halogens is 3. The summed E-state index contributed by atoms with van der Waals surface area (Å²) < 4.78 is 12.7. The predicted molar refractivity (Wildman–Crippen MR) is 136 cm³/mol. The first-order chi connectivity index (χ1) is 16.3. The van der Waals surface area contributed by atoms with E-state index in [4.69, 9.17) is 20.8 Å². The van der Waals surface area contributed by atoms with Gasteiger partial charge in [0.15, 0.2) is 5.76 Å². The Bertz CT molecular complexity index is 1410. The third-order valence-corrected chi connectivity index (χ3v) is 6.21. The molecule has 172 valence electrons. The second-order valence-corrected chi connectivity index (χ2v) is 9.10. The first-order valence-corrected chi connectivity index (χ1v) is 11.6. The number of hydrogen-bond donors (Lipinski definition) is 1. The number of furan rings is 1. The molecule has 0 aliphatic carbocycles. The zero-order valence-corrected chi connectivity index (χ0v) is 21.1. The smallest absolute Gasteiger partial charge is 0.307 e. The van der Waals surface area contributed by atoms with Crippen molar-refractivity contribution in [1.29, 1.82) is 0 Å². The van der Waals surface area contributed by atoms with Gasteiger partial charge in [-0.2, -0.15) is 5.10 Å². The van der Waals surface area contributed by atoms with Crippen LogP contribution in [-0.2, 0) is 6.61 Å². The molecule has 3 aromatic carbocycles. The monoisotopic (exact) mass is 605 g/mol. The van der Waals surface area contributed by atoms with Crippen LogP contribution in [0.4, 0.5) is 5.69 Å². The third kappa shape index (κ3) is 5.46. The minimum absolute atomic E-state index is 0.0154. The number of rotatable bonds is 7. The van der Waals surface area contributed by atoms with E-state index in [1.165, 1.54) is 30.5 Å². The number of fused-ring (bicyclic) bond motifs is 1. The number of nitro groups is 1. The SMILES string of the molecule is O=C(N/N=C/c1cc(Br)c(OCc2ccccc2Cl)c(Br)c1)c1cc2cc([N+](=O)[O-])ccc2o1. The molecule has 0 atom stereocenters. The Morgan fingerprint density at radius 3 is 2.59 bits per heavy atom. The molecular formula is C23H14Br2ClN3O5. The van der Waals surface area contributed by atoms with Gasteiger partial charge in [0.2, 0.25) is 0 Å². The minimum Gasteiger partial charge on any atom is -0.486 e. The lowest BCUT2D eigenvalue weighted by Gasteiger charge is -2.12. The molecule has 1 aromatic heterocycles. The molecule has 0 saturated heterocycles. The van der Waals surface area contributed by atoms with Crippen molar-refractivity contribution in [2.45, 2.75) is 6.61 Å². The van der Waals surface area contributed by atoms with Gasteiger partial charge in [-0.05, 0) is 67.8 Å². The molecule has 0 aliphatic heterocycles. The van der Waals surface area contributed by atoms with Gasteiger partial charge in [-0.15, -0.1) is 0 Å². The van der Waals surface area contributed by atoms with Gasteiger partial charge in [-0.3, -0.25) is 14.9 Å². The van der Waals surface area contributed by atoms with Crippen molar-refractivity contribution in [3.05, 3.63) is 102 Å². The summed E-state index contributed by atoms with van der Waals surface area (Å²) in [5.41, 5.74) is 4.19. The molecule has 11 heteroatoms. The van der Waals surface area contributed by atoms with E-state index >= 15 is 0 Å². The summed E-state index contributed by atoms with van der Waals surface area (Å²) >= 11 is 13.1. The van der Waals surface area contributed by atoms with Gasteiger partial charge in [0.1, 0.15) is 17.9 Å². The molecule has 1 heterocycles. The lowest BCUT2D eigenvalue weighted by atomic mass is 10.2. The average Bonchev–Trinajstić information content (AvgIpc) is 3.23. The number of carbonyl (C=O) groups excluding carboxylic acids is 1. The number of carbonyl (C=O) groups is 1. The van der Waals surface area contributed by atoms with Gasteiger partial charge in [0, 0.05) is 28.1 Å². The quantitative estimate of drug-likeness (QED) is 0.140. The van der Waals surface area contributed by atoms with Crippen LogP contribution in [0.3, 0.4) is 0 Å². The molecule has 4 aromatic rings. The Labute approximate surface area is 214 Å². The van der Waals surface area contributed by atoms with Crippen LogP contribution >= 0.6 is 43.5 Å². The second-order valence-electron chi connectivity index (χ2n) is 6.98. The Balaban J connectivity index is 1.42. The summed E-state index contributed by atoms with van der Waals surface area (Å²) in [6.45, 7) is 0.293. The number of nitro benzene ring substituents is 1. The lowest BCUT2D eigenvalue weighted by Crippen LogP contribution is -2.16. The molecule has 0 bridgehead atoms. The fourth-order valence-corrected chi connectivity index (χ4v) is 4.68. The van der Waals surface area contributed by atoms with Gasteiger partial charge >= 0.3 is 5.91 Å². The van der Waals surface area contributed by atoms with E-state index in [0.717, 1.165) is 5.56 Å². The molecule has 0 radical (unpaired) electrons. The van der Waals surface area contributed by atoms with Crippen LogP contribution < -0.4 is 10.2 Å². The van der Waals surface area contributed by atoms with E-state index in [0.29, 0.717) is 42.9 Å². The molecule has 34 heavy (non-hydrogen) atoms. The number of benzene rings is 3. The van der Waals surface area contributed by atoms with Crippen LogP contribution in [0.2, 0.25) is 5.02 Å². The summed E-state index contributed by atoms with van der Waals surface area (Å²) in [4.78, 5) is 22.7. The molecule has 1 N–H and O–H groups in total. The number of non-ortho nitro benzene ring substituents is 1. The van der Waals surface area contributed by atoms with Crippen LogP contribution in [0.15, 0.2) is 79.1 Å². The normalized spacial score (nSPS) is 11.1. The largest absolute Gasteiger partial charge is 0.486 e. The molecular weight excluding hydrogens is 594 g/mol. The predicted octanol–water partition coefficient (Wildman–Crippen LogP) is 6.86. The van der Waals surface area contributed by atoms with Crippen LogP contribution in [0, 0.1) is 10.1 Å². The molecule has 0 unspecified atom stereocenters. The molecule has 0 aliphatic rings. The van der Waals surface area contributed by atoms with E-state index in [2.05, 4.69) is 42.4 Å². The highest BCUT2D eigenvalue weighted by Gasteiger charge is 2.15. The van der Waals surface area contributed by atoms with E-state index in [1.807, 2.05) is 18.2 Å². The fraction of sp³-hybridized carbons (Fsp3) is 0.0435. The van der Waals surface area contributed by atoms with Crippen LogP contribution in [0.5, 0.6) is 5.75 Å². The van der Waals surface area contributed by atoms with Gasteiger partial charge in [-0.1, -0.05) is 29.8 Å². The maximum absolute atomic E-state index is 12.4. The Morgan fingerprint density at radius 2 is 1.88 bits per heavy atom. The summed E-state index contributed by atoms with van der Waals surface area (Å²) in [6.07, 6.45) is 1.46. The Kier molecular flexibility index (Phi) is 7.30. The average molecular weight is 608 g/mol. The molecule has 1 amide bonds. The van der Waals surface area contributed by atoms with Crippen LogP contribution in [0.25, 0.3) is 11.0 Å². The minimum atomic E-state index is -0.590. The molecule has 8 nitrogen and oxygen atoms in total. The number of amides is 1.